The molecule has 0 radical (unpaired) electrons. The number of pyridine rings is 1. The number of carbonyl (C=O) groups excluding carboxylic acids is 3. The highest BCUT2D eigenvalue weighted by Crippen LogP contribution is 2.17. The molecule has 0 aromatic carbocycles. The molecule has 1 rings (SSSR count). The van der Waals surface area contributed by atoms with Crippen molar-refractivity contribution in [3.8, 4) is 0 Å². The van der Waals surface area contributed by atoms with E-state index in [0.717, 1.165) is 5.69 Å². The van der Waals surface area contributed by atoms with Crippen molar-refractivity contribution in [1.29, 1.82) is 0 Å². The van der Waals surface area contributed by atoms with Gasteiger partial charge in [0.05, 0.1) is 18.2 Å². The number of unbranched alkanes of at least 4 members (excludes halogenated alkanes) is 5. The molecule has 0 aliphatic rings. The van der Waals surface area contributed by atoms with Crippen molar-refractivity contribution in [2.45, 2.75) is 115 Å². The van der Waals surface area contributed by atoms with Crippen molar-refractivity contribution in [2.24, 2.45) is 5.92 Å². The van der Waals surface area contributed by atoms with Crippen LogP contribution in [0.1, 0.15) is 102 Å². The van der Waals surface area contributed by atoms with Gasteiger partial charge in [-0.05, 0) is 70.0 Å². The molecule has 8 N–H and O–H groups in total. The number of Topliss-reactive ketones (excluding diaryl/α,β-unsaturated/α-hetero) is 1. The third kappa shape index (κ3) is 23.1. The first-order chi connectivity index (χ1) is 25.2. The smallest absolute Gasteiger partial charge is 0.326 e. The van der Waals surface area contributed by atoms with Gasteiger partial charge in [0.2, 0.25) is 5.91 Å². The van der Waals surface area contributed by atoms with E-state index >= 15 is 0 Å². The third-order valence-corrected chi connectivity index (χ3v) is 8.28. The minimum absolute atomic E-state index is 0.0119. The van der Waals surface area contributed by atoms with Crippen LogP contribution in [0.3, 0.4) is 0 Å². The SMILES string of the molecule is O=C(O)CC[C@H](NC(=O)N[C@@H](CCCCNC(=O)CCCCCCC(=O)CC(CCCCN(CC(=O)O)Cc1ccccn1)C(=O)O)C(=O)O)C(=O)O. The van der Waals surface area contributed by atoms with Crippen molar-refractivity contribution >= 4 is 47.6 Å². The highest BCUT2D eigenvalue weighted by atomic mass is 16.4. The maximum Gasteiger partial charge on any atom is 0.326 e. The molecular formula is C35H53N5O13. The molecule has 3 atom stereocenters. The van der Waals surface area contributed by atoms with Gasteiger partial charge >= 0.3 is 35.9 Å². The molecule has 0 saturated heterocycles. The molecule has 0 saturated carbocycles. The first-order valence-electron chi connectivity index (χ1n) is 17.8. The summed E-state index contributed by atoms with van der Waals surface area (Å²) in [6, 6.07) is 1.52. The monoisotopic (exact) mass is 751 g/mol. The molecule has 1 heterocycles. The Morgan fingerprint density at radius 2 is 1.30 bits per heavy atom. The summed E-state index contributed by atoms with van der Waals surface area (Å²) in [5, 5.41) is 53.0. The second-order valence-electron chi connectivity index (χ2n) is 12.8. The first kappa shape index (κ1) is 45.9. The lowest BCUT2D eigenvalue weighted by atomic mass is 9.94. The number of urea groups is 1. The molecule has 1 aromatic heterocycles. The number of nitrogens with zero attached hydrogens (tertiary/aromatic N) is 2. The normalized spacial score (nSPS) is 12.6. The van der Waals surface area contributed by atoms with E-state index in [1.54, 1.807) is 23.2 Å². The molecule has 1 aromatic rings. The summed E-state index contributed by atoms with van der Waals surface area (Å²) in [6.07, 6.45) is 5.90. The van der Waals surface area contributed by atoms with Crippen LogP contribution in [0.4, 0.5) is 4.79 Å². The van der Waals surface area contributed by atoms with E-state index in [2.05, 4.69) is 20.9 Å². The van der Waals surface area contributed by atoms with Gasteiger partial charge in [0.15, 0.2) is 0 Å². The Kier molecular flexibility index (Phi) is 23.0. The summed E-state index contributed by atoms with van der Waals surface area (Å²) >= 11 is 0. The molecule has 18 nitrogen and oxygen atoms in total. The number of rotatable bonds is 31. The molecule has 0 bridgehead atoms. The summed E-state index contributed by atoms with van der Waals surface area (Å²) in [5.74, 6) is -7.19. The fourth-order valence-electron chi connectivity index (χ4n) is 5.43. The van der Waals surface area contributed by atoms with Gasteiger partial charge in [0, 0.05) is 45.0 Å². The van der Waals surface area contributed by atoms with E-state index in [0.29, 0.717) is 70.9 Å². The van der Waals surface area contributed by atoms with E-state index in [1.807, 2.05) is 6.07 Å². The number of nitrogens with one attached hydrogen (secondary N) is 3. The molecule has 1 unspecified atom stereocenters. The maximum atomic E-state index is 12.5. The van der Waals surface area contributed by atoms with Gasteiger partial charge in [0.1, 0.15) is 17.9 Å². The predicted octanol–water partition coefficient (Wildman–Crippen LogP) is 2.50. The van der Waals surface area contributed by atoms with Gasteiger partial charge in [-0.2, -0.15) is 0 Å². The van der Waals surface area contributed by atoms with Crippen LogP contribution in [-0.2, 0) is 40.1 Å². The van der Waals surface area contributed by atoms with E-state index in [9.17, 15) is 53.7 Å². The minimum Gasteiger partial charge on any atom is -0.481 e. The Bertz CT molecular complexity index is 1340. The van der Waals surface area contributed by atoms with E-state index in [1.165, 1.54) is 0 Å². The van der Waals surface area contributed by atoms with Crippen LogP contribution in [0, 0.1) is 5.92 Å². The molecular weight excluding hydrogens is 698 g/mol. The molecule has 18 heteroatoms. The predicted molar refractivity (Wildman–Crippen MR) is 188 cm³/mol. The Hall–Kier alpha value is -5.13. The lowest BCUT2D eigenvalue weighted by Gasteiger charge is -2.20. The fraction of sp³-hybridized carbons (Fsp3) is 0.629. The first-order valence-corrected chi connectivity index (χ1v) is 17.8. The Labute approximate surface area is 307 Å². The molecule has 53 heavy (non-hydrogen) atoms. The number of ketones is 1. The highest BCUT2D eigenvalue weighted by molar-refractivity contribution is 5.86. The average molecular weight is 752 g/mol. The number of carboxylic acid groups (broad SMARTS) is 5. The quantitative estimate of drug-likeness (QED) is 0.0506. The van der Waals surface area contributed by atoms with Gasteiger partial charge in [-0.25, -0.2) is 14.4 Å². The third-order valence-electron chi connectivity index (χ3n) is 8.28. The van der Waals surface area contributed by atoms with E-state index in [4.69, 9.17) is 10.2 Å². The zero-order valence-electron chi connectivity index (χ0n) is 29.9. The largest absolute Gasteiger partial charge is 0.481 e. The summed E-state index contributed by atoms with van der Waals surface area (Å²) in [6.45, 7) is 0.927. The minimum atomic E-state index is -1.50. The number of hydrogen-bond donors (Lipinski definition) is 8. The second kappa shape index (κ2) is 26.6. The Morgan fingerprint density at radius 3 is 1.89 bits per heavy atom. The van der Waals surface area contributed by atoms with Crippen molar-refractivity contribution in [3.63, 3.8) is 0 Å². The molecule has 3 amide bonds. The number of aliphatic carboxylic acids is 5. The summed E-state index contributed by atoms with van der Waals surface area (Å²) < 4.78 is 0. The molecule has 0 aliphatic carbocycles. The van der Waals surface area contributed by atoms with E-state index in [-0.39, 0.29) is 56.9 Å². The highest BCUT2D eigenvalue weighted by Gasteiger charge is 2.25. The Morgan fingerprint density at radius 1 is 0.660 bits per heavy atom. The average Bonchev–Trinajstić information content (AvgIpc) is 3.08. The lowest BCUT2D eigenvalue weighted by Crippen LogP contribution is -2.51. The van der Waals surface area contributed by atoms with Gasteiger partial charge in [-0.1, -0.05) is 25.3 Å². The molecule has 0 aliphatic heterocycles. The van der Waals surface area contributed by atoms with Crippen LogP contribution < -0.4 is 16.0 Å². The lowest BCUT2D eigenvalue weighted by molar-refractivity contribution is -0.144. The molecule has 0 spiro atoms. The number of amides is 3. The van der Waals surface area contributed by atoms with Gasteiger partial charge in [0.25, 0.3) is 0 Å². The Balaban J connectivity index is 2.23. The summed E-state index contributed by atoms with van der Waals surface area (Å²) in [5.41, 5.74) is 0.735. The molecule has 296 valence electrons. The van der Waals surface area contributed by atoms with Crippen molar-refractivity contribution in [3.05, 3.63) is 30.1 Å². The zero-order chi connectivity index (χ0) is 39.6. The van der Waals surface area contributed by atoms with Crippen molar-refractivity contribution in [1.82, 2.24) is 25.8 Å². The van der Waals surface area contributed by atoms with Crippen LogP contribution >= 0.6 is 0 Å². The molecule has 0 fully saturated rings. The van der Waals surface area contributed by atoms with Crippen molar-refractivity contribution < 1.29 is 63.9 Å². The standard InChI is InChI=1S/C35H53N5O13/c41-26(21-24(32(47)48)11-7-10-20-40(23-31(45)46)22-25-12-5-8-18-36-25)13-3-1-2-4-15-29(42)37-19-9-6-14-27(33(49)50)38-35(53)39-28(34(51)52)16-17-30(43)44/h5,8,12,18,24,27-28H,1-4,6-7,9-11,13-17,19-23H2,(H,37,42)(H,43,44)(H,45,46)(H,47,48)(H,49,50)(H,51,52)(H2,38,39,53)/t24?,27-,28-/m0/s1. The van der Waals surface area contributed by atoms with Crippen LogP contribution in [-0.4, -0.2) is 115 Å². The van der Waals surface area contributed by atoms with Crippen LogP contribution in [0.5, 0.6) is 0 Å². The number of hydrogen-bond acceptors (Lipinski definition) is 10. The zero-order valence-corrected chi connectivity index (χ0v) is 29.9. The summed E-state index contributed by atoms with van der Waals surface area (Å²) in [7, 11) is 0. The number of carboxylic acids is 5. The van der Waals surface area contributed by atoms with Gasteiger partial charge in [-0.15, -0.1) is 0 Å². The maximum absolute atomic E-state index is 12.5. The van der Waals surface area contributed by atoms with Crippen LogP contribution in [0.15, 0.2) is 24.4 Å². The number of carbonyl (C=O) groups is 8. The topological polar surface area (TPSA) is 290 Å². The van der Waals surface area contributed by atoms with Crippen molar-refractivity contribution in [2.75, 3.05) is 19.6 Å². The second-order valence-corrected chi connectivity index (χ2v) is 12.8. The van der Waals surface area contributed by atoms with Gasteiger partial charge < -0.3 is 41.5 Å². The van der Waals surface area contributed by atoms with Crippen LogP contribution in [0.2, 0.25) is 0 Å². The fourth-order valence-corrected chi connectivity index (χ4v) is 5.43. The van der Waals surface area contributed by atoms with E-state index < -0.39 is 60.3 Å². The van der Waals surface area contributed by atoms with Gasteiger partial charge in [-0.3, -0.25) is 33.9 Å². The number of aromatic nitrogens is 1. The van der Waals surface area contributed by atoms with Crippen LogP contribution in [0.25, 0.3) is 0 Å². The summed E-state index contributed by atoms with van der Waals surface area (Å²) in [4.78, 5) is 99.1.